The summed E-state index contributed by atoms with van der Waals surface area (Å²) in [5, 5.41) is 4.20. The normalized spacial score (nSPS) is 24.3. The maximum absolute atomic E-state index is 5.84. The lowest BCUT2D eigenvalue weighted by Gasteiger charge is -2.27. The first-order valence-electron chi connectivity index (χ1n) is 5.09. The maximum atomic E-state index is 5.84. The van der Waals surface area contributed by atoms with E-state index in [1.165, 1.54) is 24.8 Å². The Kier molecular flexibility index (Phi) is 5.87. The minimum Gasteiger partial charge on any atom is -0.313 e. The molecule has 82 valence electrons. The number of nitrogens with zero attached hydrogens (tertiary/aromatic N) is 1. The first kappa shape index (κ1) is 12.3. The third kappa shape index (κ3) is 4.65. The molecule has 14 heavy (non-hydrogen) atoms. The van der Waals surface area contributed by atoms with Gasteiger partial charge in [0.25, 0.3) is 0 Å². The van der Waals surface area contributed by atoms with Crippen LogP contribution in [0.2, 0.25) is 0 Å². The molecule has 0 spiro atoms. The molecule has 1 rings (SSSR count). The highest BCUT2D eigenvalue weighted by atomic mass is 35.5. The SMILES string of the molecule is CN(CC(Cl)=CCl)CC1CCCCN1. The summed E-state index contributed by atoms with van der Waals surface area (Å²) in [5.41, 5.74) is 1.44. The van der Waals surface area contributed by atoms with Gasteiger partial charge >= 0.3 is 0 Å². The second-order valence-electron chi connectivity index (χ2n) is 3.90. The Morgan fingerprint density at radius 1 is 1.57 bits per heavy atom. The molecule has 0 aromatic carbocycles. The Morgan fingerprint density at radius 3 is 2.93 bits per heavy atom. The van der Waals surface area contributed by atoms with Gasteiger partial charge in [-0.25, -0.2) is 0 Å². The van der Waals surface area contributed by atoms with E-state index in [1.54, 1.807) is 0 Å². The maximum Gasteiger partial charge on any atom is 0.0434 e. The van der Waals surface area contributed by atoms with E-state index in [1.807, 2.05) is 0 Å². The molecule has 0 saturated carbocycles. The highest BCUT2D eigenvalue weighted by molar-refractivity contribution is 6.36. The van der Waals surface area contributed by atoms with Gasteiger partial charge in [-0.05, 0) is 26.4 Å². The van der Waals surface area contributed by atoms with Gasteiger partial charge < -0.3 is 5.32 Å². The zero-order valence-electron chi connectivity index (χ0n) is 8.60. The van der Waals surface area contributed by atoms with Crippen LogP contribution in [-0.4, -0.2) is 37.6 Å². The highest BCUT2D eigenvalue weighted by Gasteiger charge is 2.14. The van der Waals surface area contributed by atoms with Gasteiger partial charge in [0.15, 0.2) is 0 Å². The molecule has 1 N–H and O–H groups in total. The van der Waals surface area contributed by atoms with Crippen LogP contribution in [0.1, 0.15) is 19.3 Å². The quantitative estimate of drug-likeness (QED) is 0.807. The van der Waals surface area contributed by atoms with Crippen LogP contribution in [0, 0.1) is 0 Å². The zero-order valence-corrected chi connectivity index (χ0v) is 10.1. The fourth-order valence-corrected chi connectivity index (χ4v) is 2.09. The van der Waals surface area contributed by atoms with Crippen LogP contribution in [0.4, 0.5) is 0 Å². The molecule has 2 nitrogen and oxygen atoms in total. The van der Waals surface area contributed by atoms with Gasteiger partial charge in [0, 0.05) is 29.7 Å². The van der Waals surface area contributed by atoms with Crippen LogP contribution in [0.15, 0.2) is 10.6 Å². The Bertz CT molecular complexity index is 189. The standard InChI is InChI=1S/C10H18Cl2N2/c1-14(7-9(12)6-11)8-10-4-2-3-5-13-10/h6,10,13H,2-5,7-8H2,1H3. The molecule has 1 heterocycles. The minimum absolute atomic E-state index is 0.619. The molecular weight excluding hydrogens is 219 g/mol. The minimum atomic E-state index is 0.619. The number of hydrogen-bond donors (Lipinski definition) is 1. The molecule has 0 aromatic heterocycles. The summed E-state index contributed by atoms with van der Waals surface area (Å²) in [7, 11) is 2.07. The van der Waals surface area contributed by atoms with E-state index in [0.717, 1.165) is 19.6 Å². The molecule has 1 unspecified atom stereocenters. The second kappa shape index (κ2) is 6.67. The van der Waals surface area contributed by atoms with Crippen molar-refractivity contribution in [3.63, 3.8) is 0 Å². The summed E-state index contributed by atoms with van der Waals surface area (Å²) >= 11 is 11.3. The molecule has 0 amide bonds. The lowest BCUT2D eigenvalue weighted by molar-refractivity contribution is 0.279. The second-order valence-corrected chi connectivity index (χ2v) is 4.60. The van der Waals surface area contributed by atoms with Crippen molar-refractivity contribution in [3.05, 3.63) is 10.6 Å². The molecular formula is C10H18Cl2N2. The third-order valence-electron chi connectivity index (χ3n) is 2.48. The smallest absolute Gasteiger partial charge is 0.0434 e. The summed E-state index contributed by atoms with van der Waals surface area (Å²) in [6.07, 6.45) is 3.92. The lowest BCUT2D eigenvalue weighted by Crippen LogP contribution is -2.42. The third-order valence-corrected chi connectivity index (χ3v) is 3.09. The van der Waals surface area contributed by atoms with E-state index in [4.69, 9.17) is 23.2 Å². The van der Waals surface area contributed by atoms with Gasteiger partial charge in [0.05, 0.1) is 0 Å². The number of likely N-dealkylation sites (N-methyl/N-ethyl adjacent to an activating group) is 1. The van der Waals surface area contributed by atoms with Crippen molar-refractivity contribution in [2.75, 3.05) is 26.7 Å². The van der Waals surface area contributed by atoms with Crippen molar-refractivity contribution >= 4 is 23.2 Å². The van der Waals surface area contributed by atoms with E-state index in [9.17, 15) is 0 Å². The monoisotopic (exact) mass is 236 g/mol. The average Bonchev–Trinajstić information content (AvgIpc) is 2.19. The van der Waals surface area contributed by atoms with E-state index >= 15 is 0 Å². The van der Waals surface area contributed by atoms with Gasteiger partial charge in [-0.15, -0.1) is 0 Å². The van der Waals surface area contributed by atoms with Crippen molar-refractivity contribution in [2.45, 2.75) is 25.3 Å². The topological polar surface area (TPSA) is 15.3 Å². The van der Waals surface area contributed by atoms with Crippen LogP contribution < -0.4 is 5.32 Å². The Hall–Kier alpha value is 0.240. The molecule has 1 saturated heterocycles. The van der Waals surface area contributed by atoms with Crippen LogP contribution >= 0.6 is 23.2 Å². The molecule has 1 aliphatic heterocycles. The average molecular weight is 237 g/mol. The van der Waals surface area contributed by atoms with Crippen LogP contribution in [0.5, 0.6) is 0 Å². The van der Waals surface area contributed by atoms with Crippen molar-refractivity contribution < 1.29 is 0 Å². The van der Waals surface area contributed by atoms with Gasteiger partial charge in [-0.3, -0.25) is 4.90 Å². The summed E-state index contributed by atoms with van der Waals surface area (Å²) in [5.74, 6) is 0. The molecule has 0 bridgehead atoms. The van der Waals surface area contributed by atoms with Crippen molar-refractivity contribution in [1.82, 2.24) is 10.2 Å². The molecule has 1 atom stereocenters. The Morgan fingerprint density at radius 2 is 2.36 bits per heavy atom. The summed E-state index contributed by atoms with van der Waals surface area (Å²) < 4.78 is 0. The van der Waals surface area contributed by atoms with E-state index < -0.39 is 0 Å². The zero-order chi connectivity index (χ0) is 10.4. The number of rotatable bonds is 4. The first-order valence-corrected chi connectivity index (χ1v) is 5.90. The van der Waals surface area contributed by atoms with Crippen LogP contribution in [-0.2, 0) is 0 Å². The molecule has 0 aliphatic carbocycles. The number of halogens is 2. The van der Waals surface area contributed by atoms with Gasteiger partial charge in [0.1, 0.15) is 0 Å². The lowest BCUT2D eigenvalue weighted by atomic mass is 10.0. The molecule has 0 radical (unpaired) electrons. The van der Waals surface area contributed by atoms with Gasteiger partial charge in [0.2, 0.25) is 0 Å². The number of piperidine rings is 1. The molecule has 1 fully saturated rings. The highest BCUT2D eigenvalue weighted by Crippen LogP contribution is 2.10. The molecule has 0 aromatic rings. The van der Waals surface area contributed by atoms with Crippen LogP contribution in [0.3, 0.4) is 0 Å². The van der Waals surface area contributed by atoms with Crippen molar-refractivity contribution in [2.24, 2.45) is 0 Å². The number of nitrogens with one attached hydrogen (secondary N) is 1. The van der Waals surface area contributed by atoms with E-state index in [0.29, 0.717) is 11.1 Å². The molecule has 4 heteroatoms. The van der Waals surface area contributed by atoms with E-state index in [2.05, 4.69) is 17.3 Å². The van der Waals surface area contributed by atoms with E-state index in [-0.39, 0.29) is 0 Å². The first-order chi connectivity index (χ1) is 6.72. The summed E-state index contributed by atoms with van der Waals surface area (Å²) in [6, 6.07) is 0.619. The summed E-state index contributed by atoms with van der Waals surface area (Å²) in [6.45, 7) is 2.93. The fraction of sp³-hybridized carbons (Fsp3) is 0.800. The number of hydrogen-bond acceptors (Lipinski definition) is 2. The molecule has 1 aliphatic rings. The Labute approximate surface area is 96.2 Å². The predicted octanol–water partition coefficient (Wildman–Crippen LogP) is 2.38. The predicted molar refractivity (Wildman–Crippen MR) is 62.9 cm³/mol. The fourth-order valence-electron chi connectivity index (χ4n) is 1.81. The van der Waals surface area contributed by atoms with Crippen molar-refractivity contribution in [3.8, 4) is 0 Å². The van der Waals surface area contributed by atoms with Gasteiger partial charge in [-0.1, -0.05) is 29.6 Å². The Balaban J connectivity index is 2.21. The van der Waals surface area contributed by atoms with Crippen LogP contribution in [0.25, 0.3) is 0 Å². The van der Waals surface area contributed by atoms with Crippen molar-refractivity contribution in [1.29, 1.82) is 0 Å². The summed E-state index contributed by atoms with van der Waals surface area (Å²) in [4.78, 5) is 2.20. The largest absolute Gasteiger partial charge is 0.313 e. The van der Waals surface area contributed by atoms with Gasteiger partial charge in [-0.2, -0.15) is 0 Å².